The van der Waals surface area contributed by atoms with Gasteiger partial charge in [0.2, 0.25) is 11.8 Å². The van der Waals surface area contributed by atoms with Gasteiger partial charge in [-0.3, -0.25) is 19.1 Å². The molecule has 2 aliphatic heterocycles. The average Bonchev–Trinajstić information content (AvgIpc) is 3.35. The van der Waals surface area contributed by atoms with Crippen LogP contribution in [0.1, 0.15) is 36.1 Å². The molecule has 2 saturated heterocycles. The summed E-state index contributed by atoms with van der Waals surface area (Å²) in [5.74, 6) is 0.412. The monoisotopic (exact) mass is 653 g/mol. The Kier molecular flexibility index (Phi) is 8.85. The van der Waals surface area contributed by atoms with Crippen LogP contribution in [0.2, 0.25) is 0 Å². The van der Waals surface area contributed by atoms with Crippen molar-refractivity contribution in [2.75, 3.05) is 19.1 Å². The number of rotatable bonds is 11. The summed E-state index contributed by atoms with van der Waals surface area (Å²) >= 11 is 1.59. The lowest BCUT2D eigenvalue weighted by Gasteiger charge is -2.57. The van der Waals surface area contributed by atoms with Crippen LogP contribution in [0, 0.1) is 0 Å². The summed E-state index contributed by atoms with van der Waals surface area (Å²) < 4.78 is 17.8. The molecule has 2 heterocycles. The molecule has 4 aromatic rings. The Morgan fingerprint density at radius 1 is 0.870 bits per heavy atom. The highest BCUT2D eigenvalue weighted by Gasteiger charge is 2.72. The van der Waals surface area contributed by atoms with Crippen molar-refractivity contribution in [2.24, 2.45) is 0 Å². The van der Waals surface area contributed by atoms with Crippen molar-refractivity contribution >= 4 is 34.4 Å². The highest BCUT2D eigenvalue weighted by Crippen LogP contribution is 2.56. The van der Waals surface area contributed by atoms with Crippen molar-refractivity contribution < 1.29 is 18.5 Å². The topological polar surface area (TPSA) is 87.7 Å². The van der Waals surface area contributed by atoms with Gasteiger partial charge in [0.25, 0.3) is 0 Å². The van der Waals surface area contributed by atoms with Crippen LogP contribution in [-0.2, 0) is 32.5 Å². The molecule has 2 amide bonds. The quantitative estimate of drug-likeness (QED) is 0.174. The first kappa shape index (κ1) is 32.0. The molecule has 0 aromatic heterocycles. The number of amides is 2. The van der Waals surface area contributed by atoms with Gasteiger partial charge in [0.05, 0.1) is 18.4 Å². The molecule has 238 valence electrons. The van der Waals surface area contributed by atoms with Crippen LogP contribution in [-0.4, -0.2) is 61.7 Å². The fourth-order valence-electron chi connectivity index (χ4n) is 6.90. The number of benzene rings is 4. The van der Waals surface area contributed by atoms with Crippen molar-refractivity contribution in [2.45, 2.75) is 47.6 Å². The van der Waals surface area contributed by atoms with Crippen LogP contribution < -0.4 is 15.4 Å². The number of hydrogen-bond donors (Lipinski definition) is 2. The summed E-state index contributed by atoms with van der Waals surface area (Å²) in [6.45, 7) is 4.34. The number of fused-ring (bicyclic) bond motifs is 1. The number of methoxy groups -OCH3 is 1. The van der Waals surface area contributed by atoms with Gasteiger partial charge in [-0.15, -0.1) is 11.8 Å². The number of nitrogens with one attached hydrogen (secondary N) is 2. The van der Waals surface area contributed by atoms with Gasteiger partial charge in [-0.05, 0) is 48.2 Å². The molecule has 46 heavy (non-hydrogen) atoms. The molecule has 4 atom stereocenters. The number of hydrogen-bond acceptors (Lipinski definition) is 6. The van der Waals surface area contributed by atoms with Gasteiger partial charge in [-0.25, -0.2) is 0 Å². The Morgan fingerprint density at radius 3 is 1.83 bits per heavy atom. The summed E-state index contributed by atoms with van der Waals surface area (Å²) in [6, 6.07) is 37.1. The zero-order chi connectivity index (χ0) is 32.5. The van der Waals surface area contributed by atoms with E-state index in [4.69, 9.17) is 4.74 Å². The zero-order valence-corrected chi connectivity index (χ0v) is 28.1. The van der Waals surface area contributed by atoms with E-state index in [1.54, 1.807) is 30.0 Å². The molecule has 0 radical (unpaired) electrons. The van der Waals surface area contributed by atoms with Crippen molar-refractivity contribution in [3.8, 4) is 5.75 Å². The molecule has 2 aliphatic rings. The van der Waals surface area contributed by atoms with E-state index in [9.17, 15) is 13.8 Å². The first-order chi connectivity index (χ1) is 22.1. The van der Waals surface area contributed by atoms with Crippen LogP contribution >= 0.6 is 11.8 Å². The summed E-state index contributed by atoms with van der Waals surface area (Å²) in [5.41, 5.74) is 1.63. The minimum Gasteiger partial charge on any atom is -0.497 e. The third-order valence-electron chi connectivity index (χ3n) is 8.98. The van der Waals surface area contributed by atoms with Gasteiger partial charge in [0, 0.05) is 28.3 Å². The van der Waals surface area contributed by atoms with Crippen LogP contribution in [0.5, 0.6) is 5.75 Å². The van der Waals surface area contributed by atoms with Gasteiger partial charge in [-0.1, -0.05) is 103 Å². The zero-order valence-electron chi connectivity index (χ0n) is 26.4. The maximum Gasteiger partial charge on any atom is 0.248 e. The number of thioether (sulfide) groups is 1. The predicted molar refractivity (Wildman–Crippen MR) is 185 cm³/mol. The van der Waals surface area contributed by atoms with E-state index in [-0.39, 0.29) is 17.6 Å². The summed E-state index contributed by atoms with van der Waals surface area (Å²) in [4.78, 5) is 30.3. The van der Waals surface area contributed by atoms with E-state index in [1.165, 1.54) is 0 Å². The van der Waals surface area contributed by atoms with E-state index in [0.717, 1.165) is 28.0 Å². The first-order valence-electron chi connectivity index (χ1n) is 15.3. The molecule has 4 aromatic carbocycles. The first-order valence-corrected chi connectivity index (χ1v) is 17.9. The maximum atomic E-state index is 14.7. The summed E-state index contributed by atoms with van der Waals surface area (Å²) in [7, 11) is 0.285. The largest absolute Gasteiger partial charge is 0.497 e. The number of carbonyl (C=O) groups excluding carboxylic acids is 2. The van der Waals surface area contributed by atoms with Gasteiger partial charge >= 0.3 is 0 Å². The normalized spacial score (nSPS) is 22.4. The van der Waals surface area contributed by atoms with Crippen molar-refractivity contribution in [3.63, 3.8) is 0 Å². The number of ether oxygens (including phenoxy) is 1. The van der Waals surface area contributed by atoms with E-state index in [0.29, 0.717) is 6.54 Å². The van der Waals surface area contributed by atoms with Gasteiger partial charge in [-0.2, -0.15) is 0 Å². The lowest BCUT2D eigenvalue weighted by Crippen LogP contribution is -2.83. The molecule has 7 nitrogen and oxygen atoms in total. The highest BCUT2D eigenvalue weighted by atomic mass is 32.2. The second-order valence-electron chi connectivity index (χ2n) is 12.4. The second-order valence-corrected chi connectivity index (χ2v) is 15.6. The third kappa shape index (κ3) is 5.54. The van der Waals surface area contributed by atoms with Gasteiger partial charge < -0.3 is 15.0 Å². The smallest absolute Gasteiger partial charge is 0.248 e. The Morgan fingerprint density at radius 2 is 1.37 bits per heavy atom. The van der Waals surface area contributed by atoms with E-state index >= 15 is 0 Å². The lowest BCUT2D eigenvalue weighted by atomic mass is 9.73. The minimum absolute atomic E-state index is 0.102. The Hall–Kier alpha value is -3.92. The SMILES string of the molecule is COc1ccc(CNC(=O)C2N3C(=O)C(CS(C)=O)(NC(c4ccccc4)(c4ccccc4)c4ccccc4)[C@@H]3SC2(C)C)cc1. The molecule has 3 unspecified atom stereocenters. The molecule has 2 fully saturated rings. The van der Waals surface area contributed by atoms with Gasteiger partial charge in [0.15, 0.2) is 0 Å². The van der Waals surface area contributed by atoms with Crippen LogP contribution in [0.15, 0.2) is 115 Å². The molecule has 0 saturated carbocycles. The minimum atomic E-state index is -1.33. The molecule has 0 spiro atoms. The fourth-order valence-corrected chi connectivity index (χ4v) is 9.70. The number of β-lactam (4-membered cyclic amide) rings is 1. The Labute approximate surface area is 277 Å². The molecule has 0 aliphatic carbocycles. The van der Waals surface area contributed by atoms with E-state index < -0.39 is 38.0 Å². The predicted octanol–water partition coefficient (Wildman–Crippen LogP) is 5.07. The molecule has 2 N–H and O–H groups in total. The second kappa shape index (κ2) is 12.7. The molecule has 9 heteroatoms. The molecular formula is C37H39N3O4S2. The van der Waals surface area contributed by atoms with Crippen LogP contribution in [0.3, 0.4) is 0 Å². The molecule has 6 rings (SSSR count). The van der Waals surface area contributed by atoms with Crippen molar-refractivity contribution in [1.29, 1.82) is 0 Å². The molecule has 0 bridgehead atoms. The van der Waals surface area contributed by atoms with Gasteiger partial charge in [0.1, 0.15) is 22.7 Å². The summed E-state index contributed by atoms with van der Waals surface area (Å²) in [6.07, 6.45) is 1.64. The standard InChI is InChI=1S/C37H39N3O4S2/c1-35(2)31(32(41)38-24-26-20-22-30(44-3)23-21-26)40-33(42)36(25-46(4)43,34(40)45-35)39-37(27-14-8-5-9-15-27,28-16-10-6-11-17-28)29-18-12-7-13-19-29/h5-23,31,34,39H,24-25H2,1-4H3,(H,38,41)/t31?,34-,36?,46?/m0/s1. The average molecular weight is 654 g/mol. The number of nitrogens with zero attached hydrogens (tertiary/aromatic N) is 1. The van der Waals surface area contributed by atoms with Crippen molar-refractivity contribution in [1.82, 2.24) is 15.5 Å². The highest BCUT2D eigenvalue weighted by molar-refractivity contribution is 8.01. The van der Waals surface area contributed by atoms with E-state index in [2.05, 4.69) is 47.0 Å². The maximum absolute atomic E-state index is 14.7. The number of carbonyl (C=O) groups is 2. The molecular weight excluding hydrogens is 615 g/mol. The fraction of sp³-hybridized carbons (Fsp3) is 0.297. The van der Waals surface area contributed by atoms with E-state index in [1.807, 2.05) is 92.7 Å². The van der Waals surface area contributed by atoms with Crippen LogP contribution in [0.4, 0.5) is 0 Å². The summed E-state index contributed by atoms with van der Waals surface area (Å²) in [5, 5.41) is 6.54. The Bertz CT molecular complexity index is 1620. The van der Waals surface area contributed by atoms with Crippen molar-refractivity contribution in [3.05, 3.63) is 138 Å². The Balaban J connectivity index is 1.41. The lowest BCUT2D eigenvalue weighted by molar-refractivity contribution is -0.162. The third-order valence-corrected chi connectivity index (χ3v) is 11.5. The van der Waals surface area contributed by atoms with Crippen LogP contribution in [0.25, 0.3) is 0 Å².